The fourth-order valence-electron chi connectivity index (χ4n) is 2.68. The van der Waals surface area contributed by atoms with Gasteiger partial charge in [0.15, 0.2) is 5.82 Å². The highest BCUT2D eigenvalue weighted by Crippen LogP contribution is 2.17. The Morgan fingerprint density at radius 1 is 1.19 bits per heavy atom. The quantitative estimate of drug-likeness (QED) is 0.433. The van der Waals surface area contributed by atoms with E-state index in [1.807, 2.05) is 36.4 Å². The zero-order chi connectivity index (χ0) is 22.4. The third-order valence-corrected chi connectivity index (χ3v) is 7.67. The predicted octanol–water partition coefficient (Wildman–Crippen LogP) is 4.71. The molecule has 0 aliphatic carbocycles. The van der Waals surface area contributed by atoms with Gasteiger partial charge >= 0.3 is 0 Å². The van der Waals surface area contributed by atoms with Crippen LogP contribution in [0.3, 0.4) is 0 Å². The summed E-state index contributed by atoms with van der Waals surface area (Å²) in [5.41, 5.74) is 4.76. The molecule has 3 rings (SSSR count). The molecule has 0 atom stereocenters. The van der Waals surface area contributed by atoms with Gasteiger partial charge in [-0.25, -0.2) is 9.97 Å². The first kappa shape index (κ1) is 22.6. The van der Waals surface area contributed by atoms with Crippen LogP contribution in [0.2, 0.25) is 24.3 Å². The van der Waals surface area contributed by atoms with Gasteiger partial charge < -0.3 is 14.6 Å². The molecule has 0 bridgehead atoms. The van der Waals surface area contributed by atoms with Crippen molar-refractivity contribution in [2.75, 3.05) is 12.4 Å². The Balaban J connectivity index is 1.92. The maximum Gasteiger partial charge on any atom is 0.294 e. The molecule has 0 saturated carbocycles. The maximum atomic E-state index is 13.0. The Kier molecular flexibility index (Phi) is 7.16. The first-order valence-corrected chi connectivity index (χ1v) is 13.5. The predicted molar refractivity (Wildman–Crippen MR) is 128 cm³/mol. The Morgan fingerprint density at radius 3 is 2.61 bits per heavy atom. The van der Waals surface area contributed by atoms with Crippen LogP contribution in [0.15, 0.2) is 53.6 Å². The van der Waals surface area contributed by atoms with Gasteiger partial charge in [0.2, 0.25) is 0 Å². The van der Waals surface area contributed by atoms with Crippen LogP contribution in [0.4, 0.5) is 11.6 Å². The first-order valence-electron chi connectivity index (χ1n) is 9.96. The van der Waals surface area contributed by atoms with Gasteiger partial charge in [0, 0.05) is 12.4 Å². The molecule has 0 spiro atoms. The van der Waals surface area contributed by atoms with Crippen molar-refractivity contribution in [1.29, 1.82) is 0 Å². The van der Waals surface area contributed by atoms with E-state index in [4.69, 9.17) is 16.3 Å². The van der Waals surface area contributed by atoms with Gasteiger partial charge in [0.25, 0.3) is 5.56 Å². The minimum absolute atomic E-state index is 0.106. The molecule has 0 fully saturated rings. The zero-order valence-corrected chi connectivity index (χ0v) is 19.8. The van der Waals surface area contributed by atoms with Crippen molar-refractivity contribution in [3.63, 3.8) is 0 Å². The molecule has 2 heterocycles. The van der Waals surface area contributed by atoms with E-state index in [0.29, 0.717) is 12.4 Å². The highest BCUT2D eigenvalue weighted by molar-refractivity contribution is 6.85. The molecule has 1 aromatic carbocycles. The van der Waals surface area contributed by atoms with Crippen molar-refractivity contribution in [1.82, 2.24) is 14.5 Å². The second-order valence-electron chi connectivity index (χ2n) is 7.71. The number of nitrogens with one attached hydrogen (secondary N) is 1. The number of ether oxygens (including phenoxy) is 1. The summed E-state index contributed by atoms with van der Waals surface area (Å²) in [6.07, 6.45) is 3.17. The molecule has 0 aliphatic heterocycles. The number of rotatable bonds is 6. The highest BCUT2D eigenvalue weighted by Gasteiger charge is 2.15. The van der Waals surface area contributed by atoms with Crippen molar-refractivity contribution in [2.24, 2.45) is 0 Å². The highest BCUT2D eigenvalue weighted by atomic mass is 35.5. The van der Waals surface area contributed by atoms with Gasteiger partial charge in [-0.15, -0.1) is 5.54 Å². The normalized spacial score (nSPS) is 10.9. The lowest BCUT2D eigenvalue weighted by Crippen LogP contribution is -2.24. The SMILES string of the molecule is CC[Si](C)(C)C#Cc1cccnc1Nc1nc(Cl)cn(Cc2ccc(OC)cc2)c1=O. The monoisotopic (exact) mass is 452 g/mol. The molecule has 0 unspecified atom stereocenters. The summed E-state index contributed by atoms with van der Waals surface area (Å²) in [7, 11) is 0.0306. The van der Waals surface area contributed by atoms with E-state index < -0.39 is 8.07 Å². The summed E-state index contributed by atoms with van der Waals surface area (Å²) in [5, 5.41) is 3.24. The fourth-order valence-corrected chi connectivity index (χ4v) is 3.53. The third kappa shape index (κ3) is 5.97. The van der Waals surface area contributed by atoms with Crippen molar-refractivity contribution >= 4 is 31.3 Å². The Hall–Kier alpha value is -3.08. The molecular weight excluding hydrogens is 428 g/mol. The molecule has 31 heavy (non-hydrogen) atoms. The van der Waals surface area contributed by atoms with Crippen molar-refractivity contribution in [3.05, 3.63) is 75.4 Å². The topological polar surface area (TPSA) is 69.0 Å². The molecule has 0 aliphatic rings. The minimum Gasteiger partial charge on any atom is -0.497 e. The molecular formula is C23H25ClN4O2Si. The maximum absolute atomic E-state index is 13.0. The van der Waals surface area contributed by atoms with Crippen molar-refractivity contribution in [2.45, 2.75) is 32.6 Å². The average molecular weight is 453 g/mol. The number of nitrogens with zero attached hydrogens (tertiary/aromatic N) is 3. The van der Waals surface area contributed by atoms with Crippen LogP contribution in [0.1, 0.15) is 18.1 Å². The Bertz CT molecular complexity index is 1180. The van der Waals surface area contributed by atoms with Crippen molar-refractivity contribution in [3.8, 4) is 17.2 Å². The molecule has 2 aromatic heterocycles. The zero-order valence-electron chi connectivity index (χ0n) is 18.1. The lowest BCUT2D eigenvalue weighted by atomic mass is 10.2. The summed E-state index contributed by atoms with van der Waals surface area (Å²) in [4.78, 5) is 21.6. The third-order valence-electron chi connectivity index (χ3n) is 4.92. The van der Waals surface area contributed by atoms with Crippen LogP contribution in [-0.4, -0.2) is 29.7 Å². The number of pyridine rings is 1. The summed E-state index contributed by atoms with van der Waals surface area (Å²) in [6.45, 7) is 6.95. The van der Waals surface area contributed by atoms with E-state index in [9.17, 15) is 4.79 Å². The van der Waals surface area contributed by atoms with E-state index in [2.05, 4.69) is 46.8 Å². The van der Waals surface area contributed by atoms with E-state index in [0.717, 1.165) is 22.9 Å². The molecule has 160 valence electrons. The molecule has 6 nitrogen and oxygen atoms in total. The number of hydrogen-bond acceptors (Lipinski definition) is 5. The van der Waals surface area contributed by atoms with Crippen LogP contribution in [0.5, 0.6) is 5.75 Å². The van der Waals surface area contributed by atoms with Gasteiger partial charge in [0.1, 0.15) is 24.8 Å². The van der Waals surface area contributed by atoms with Crippen LogP contribution in [0.25, 0.3) is 0 Å². The summed E-state index contributed by atoms with van der Waals surface area (Å²) >= 11 is 6.21. The average Bonchev–Trinajstić information content (AvgIpc) is 2.77. The number of hydrogen-bond donors (Lipinski definition) is 1. The van der Waals surface area contributed by atoms with Crippen LogP contribution in [-0.2, 0) is 6.54 Å². The summed E-state index contributed by atoms with van der Waals surface area (Å²) < 4.78 is 6.70. The number of halogens is 1. The van der Waals surface area contributed by atoms with Gasteiger partial charge in [-0.05, 0) is 35.9 Å². The number of methoxy groups -OCH3 is 1. The van der Waals surface area contributed by atoms with Crippen molar-refractivity contribution < 1.29 is 4.74 Å². The van der Waals surface area contributed by atoms with E-state index in [1.165, 1.54) is 10.8 Å². The van der Waals surface area contributed by atoms with Crippen LogP contribution < -0.4 is 15.6 Å². The molecule has 0 radical (unpaired) electrons. The summed E-state index contributed by atoms with van der Waals surface area (Å²) in [6, 6.07) is 12.3. The Labute approximate surface area is 188 Å². The second-order valence-corrected chi connectivity index (χ2v) is 12.8. The molecule has 8 heteroatoms. The van der Waals surface area contributed by atoms with E-state index in [-0.39, 0.29) is 16.5 Å². The van der Waals surface area contributed by atoms with E-state index >= 15 is 0 Å². The first-order chi connectivity index (χ1) is 14.8. The standard InChI is InChI=1S/C23H25ClN4O2Si/c1-5-31(3,4)14-12-18-7-6-13-25-21(18)27-22-23(29)28(16-20(24)26-22)15-17-8-10-19(30-2)11-9-17/h6-11,13,16H,5,15H2,1-4H3,(H,25,26,27). The van der Waals surface area contributed by atoms with Gasteiger partial charge in [-0.3, -0.25) is 4.79 Å². The molecule has 0 saturated heterocycles. The largest absolute Gasteiger partial charge is 0.497 e. The molecule has 1 N–H and O–H groups in total. The van der Waals surface area contributed by atoms with Gasteiger partial charge in [-0.1, -0.05) is 49.7 Å². The van der Waals surface area contributed by atoms with E-state index in [1.54, 1.807) is 13.3 Å². The smallest absolute Gasteiger partial charge is 0.294 e. The van der Waals surface area contributed by atoms with Gasteiger partial charge in [0.05, 0.1) is 19.2 Å². The number of anilines is 2. The van der Waals surface area contributed by atoms with Crippen LogP contribution >= 0.6 is 11.6 Å². The minimum atomic E-state index is -1.58. The van der Waals surface area contributed by atoms with Crippen LogP contribution in [0, 0.1) is 11.5 Å². The number of benzene rings is 1. The summed E-state index contributed by atoms with van der Waals surface area (Å²) in [5.74, 6) is 4.57. The molecule has 0 amide bonds. The molecule has 3 aromatic rings. The lowest BCUT2D eigenvalue weighted by molar-refractivity contribution is 0.414. The van der Waals surface area contributed by atoms with Gasteiger partial charge in [-0.2, -0.15) is 0 Å². The fraction of sp³-hybridized carbons (Fsp3) is 0.261. The second kappa shape index (κ2) is 9.82. The Morgan fingerprint density at radius 2 is 1.94 bits per heavy atom. The number of aromatic nitrogens is 3. The lowest BCUT2D eigenvalue weighted by Gasteiger charge is -2.12.